The molecular formula is C39H72N2. The van der Waals surface area contributed by atoms with Crippen molar-refractivity contribution in [2.24, 2.45) is 45.0 Å². The van der Waals surface area contributed by atoms with Crippen LogP contribution < -0.4 is 11.5 Å². The van der Waals surface area contributed by atoms with Gasteiger partial charge in [-0.3, -0.25) is 0 Å². The first-order chi connectivity index (χ1) is 19.6. The second kappa shape index (κ2) is 12.7. The number of nitrogens with two attached hydrogens (primary N) is 2. The van der Waals surface area contributed by atoms with Gasteiger partial charge in [0.2, 0.25) is 0 Å². The van der Waals surface area contributed by atoms with Crippen LogP contribution in [0.3, 0.4) is 0 Å². The van der Waals surface area contributed by atoms with Crippen LogP contribution in [0.4, 0.5) is 0 Å². The predicted octanol–water partition coefficient (Wildman–Crippen LogP) is 11.2. The summed E-state index contributed by atoms with van der Waals surface area (Å²) in [5, 5.41) is 0. The van der Waals surface area contributed by atoms with Crippen molar-refractivity contribution in [3.8, 4) is 0 Å². The highest BCUT2D eigenvalue weighted by Gasteiger charge is 2.62. The third-order valence-corrected chi connectivity index (χ3v) is 13.7. The fraction of sp³-hybridized carbons (Fsp3) is 1.00. The molecule has 0 aromatic rings. The van der Waals surface area contributed by atoms with Crippen LogP contribution in [0.25, 0.3) is 0 Å². The molecule has 0 amide bonds. The van der Waals surface area contributed by atoms with E-state index in [4.69, 9.17) is 11.5 Å². The standard InChI is InChI=1S/C20H37N.C19H35N/c1-3-5-7-8-10-19-12-17-11-18(14-19,9-6-4-2)15-20(21,13-17)16-19;1-3-5-7-9-18-11-16-10-17(13-18,8-6-4-2)14-19(20,12-16)15-18/h17H,3-16,21H2,1-2H3;16H,3-15,20H2,1-2H3. The molecule has 0 saturated heterocycles. The maximum atomic E-state index is 6.89. The summed E-state index contributed by atoms with van der Waals surface area (Å²) in [6, 6.07) is 0. The highest BCUT2D eigenvalue weighted by atomic mass is 14.8. The van der Waals surface area contributed by atoms with Gasteiger partial charge in [-0.25, -0.2) is 0 Å². The van der Waals surface area contributed by atoms with Crippen molar-refractivity contribution < 1.29 is 0 Å². The maximum Gasteiger partial charge on any atom is 0.0167 e. The van der Waals surface area contributed by atoms with Crippen molar-refractivity contribution in [1.29, 1.82) is 0 Å². The molecule has 0 aromatic carbocycles. The van der Waals surface area contributed by atoms with E-state index in [0.717, 1.165) is 11.8 Å². The Kier molecular flexibility index (Phi) is 10.0. The van der Waals surface area contributed by atoms with Gasteiger partial charge in [0.25, 0.3) is 0 Å². The number of hydrogen-bond donors (Lipinski definition) is 2. The molecule has 0 aromatic heterocycles. The largest absolute Gasteiger partial charge is 0.325 e. The molecule has 2 nitrogen and oxygen atoms in total. The van der Waals surface area contributed by atoms with Crippen molar-refractivity contribution in [3.05, 3.63) is 0 Å². The van der Waals surface area contributed by atoms with Gasteiger partial charge in [0.1, 0.15) is 0 Å². The van der Waals surface area contributed by atoms with Gasteiger partial charge in [-0.1, -0.05) is 98.3 Å². The molecule has 0 heterocycles. The summed E-state index contributed by atoms with van der Waals surface area (Å²) >= 11 is 0. The molecule has 8 aliphatic carbocycles. The Morgan fingerprint density at radius 2 is 0.707 bits per heavy atom. The van der Waals surface area contributed by atoms with Crippen molar-refractivity contribution in [3.63, 3.8) is 0 Å². The number of hydrogen-bond acceptors (Lipinski definition) is 2. The van der Waals surface area contributed by atoms with Crippen LogP contribution in [0.1, 0.15) is 201 Å². The summed E-state index contributed by atoms with van der Waals surface area (Å²) in [6.45, 7) is 9.33. The van der Waals surface area contributed by atoms with Crippen LogP contribution in [-0.2, 0) is 0 Å². The van der Waals surface area contributed by atoms with Crippen LogP contribution >= 0.6 is 0 Å². The summed E-state index contributed by atoms with van der Waals surface area (Å²) in [5.74, 6) is 1.93. The fourth-order valence-electron chi connectivity index (χ4n) is 13.7. The monoisotopic (exact) mass is 569 g/mol. The van der Waals surface area contributed by atoms with Crippen LogP contribution in [0.5, 0.6) is 0 Å². The third-order valence-electron chi connectivity index (χ3n) is 13.7. The van der Waals surface area contributed by atoms with E-state index in [1.165, 1.54) is 173 Å². The first-order valence-electron chi connectivity index (χ1n) is 19.1. The molecule has 2 heteroatoms. The molecule has 41 heavy (non-hydrogen) atoms. The summed E-state index contributed by atoms with van der Waals surface area (Å²) < 4.78 is 0. The van der Waals surface area contributed by atoms with Crippen LogP contribution in [0.2, 0.25) is 0 Å². The van der Waals surface area contributed by atoms with Crippen molar-refractivity contribution >= 4 is 0 Å². The molecule has 8 rings (SSSR count). The molecule has 8 atom stereocenters. The maximum absolute atomic E-state index is 6.89. The third kappa shape index (κ3) is 7.26. The molecule has 8 saturated carbocycles. The van der Waals surface area contributed by atoms with Gasteiger partial charge in [-0.2, -0.15) is 0 Å². The zero-order valence-electron chi connectivity index (χ0n) is 28.4. The average Bonchev–Trinajstić information content (AvgIpc) is 2.86. The lowest BCUT2D eigenvalue weighted by Gasteiger charge is -2.66. The van der Waals surface area contributed by atoms with Crippen molar-refractivity contribution in [1.82, 2.24) is 0 Å². The second-order valence-electron chi connectivity index (χ2n) is 18.2. The first-order valence-corrected chi connectivity index (χ1v) is 19.1. The summed E-state index contributed by atoms with van der Waals surface area (Å²) in [5.41, 5.74) is 16.8. The lowest BCUT2D eigenvalue weighted by Crippen LogP contribution is -2.63. The minimum absolute atomic E-state index is 0.220. The Morgan fingerprint density at radius 1 is 0.390 bits per heavy atom. The van der Waals surface area contributed by atoms with E-state index in [1.807, 2.05) is 0 Å². The van der Waals surface area contributed by atoms with Crippen LogP contribution in [0, 0.1) is 33.5 Å². The lowest BCUT2D eigenvalue weighted by molar-refractivity contribution is -0.130. The predicted molar refractivity (Wildman–Crippen MR) is 178 cm³/mol. The fourth-order valence-corrected chi connectivity index (χ4v) is 13.7. The van der Waals surface area contributed by atoms with Crippen molar-refractivity contribution in [2.45, 2.75) is 212 Å². The molecule has 8 aliphatic rings. The normalized spacial score (nSPS) is 45.2. The molecule has 8 fully saturated rings. The van der Waals surface area contributed by atoms with Crippen LogP contribution in [-0.4, -0.2) is 11.1 Å². The van der Waals surface area contributed by atoms with Gasteiger partial charge in [0.15, 0.2) is 0 Å². The highest BCUT2D eigenvalue weighted by molar-refractivity contribution is 5.16. The minimum atomic E-state index is 0.220. The summed E-state index contributed by atoms with van der Waals surface area (Å²) in [4.78, 5) is 0. The Balaban J connectivity index is 0.000000165. The van der Waals surface area contributed by atoms with Gasteiger partial charge < -0.3 is 11.5 Å². The summed E-state index contributed by atoms with van der Waals surface area (Å²) in [6.07, 6.45) is 38.6. The molecule has 0 spiro atoms. The van der Waals surface area contributed by atoms with Gasteiger partial charge >= 0.3 is 0 Å². The van der Waals surface area contributed by atoms with Gasteiger partial charge in [-0.15, -0.1) is 0 Å². The van der Waals surface area contributed by atoms with Gasteiger partial charge in [-0.05, 0) is 136 Å². The molecule has 8 unspecified atom stereocenters. The van der Waals surface area contributed by atoms with E-state index >= 15 is 0 Å². The second-order valence-corrected chi connectivity index (χ2v) is 18.2. The zero-order valence-corrected chi connectivity index (χ0v) is 28.4. The topological polar surface area (TPSA) is 52.0 Å². The van der Waals surface area contributed by atoms with Crippen LogP contribution in [0.15, 0.2) is 0 Å². The quantitative estimate of drug-likeness (QED) is 0.193. The van der Waals surface area contributed by atoms with Gasteiger partial charge in [0.05, 0.1) is 0 Å². The van der Waals surface area contributed by atoms with E-state index < -0.39 is 0 Å². The summed E-state index contributed by atoms with van der Waals surface area (Å²) in [7, 11) is 0. The average molecular weight is 569 g/mol. The van der Waals surface area contributed by atoms with E-state index in [-0.39, 0.29) is 11.1 Å². The molecule has 238 valence electrons. The SMILES string of the molecule is CCCCCC12CC3CC(N)(CC(CCCC)(C3)C1)C2.CCCCCCC12CC3CC(N)(CC(CCCC)(C3)C1)C2. The first kappa shape index (κ1) is 32.3. The van der Waals surface area contributed by atoms with Crippen molar-refractivity contribution in [2.75, 3.05) is 0 Å². The highest BCUT2D eigenvalue weighted by Crippen LogP contribution is 2.69. The Morgan fingerprint density at radius 3 is 1.05 bits per heavy atom. The molecular weight excluding hydrogens is 496 g/mol. The van der Waals surface area contributed by atoms with E-state index in [1.54, 1.807) is 0 Å². The molecule has 4 N–H and O–H groups in total. The molecule has 0 radical (unpaired) electrons. The molecule has 8 bridgehead atoms. The number of unbranched alkanes of at least 4 members (excludes halogenated alkanes) is 7. The Labute approximate surface area is 256 Å². The lowest BCUT2D eigenvalue weighted by atomic mass is 9.40. The minimum Gasteiger partial charge on any atom is -0.325 e. The Hall–Kier alpha value is -0.0800. The van der Waals surface area contributed by atoms with E-state index in [2.05, 4.69) is 27.7 Å². The smallest absolute Gasteiger partial charge is 0.0167 e. The van der Waals surface area contributed by atoms with Gasteiger partial charge in [0, 0.05) is 11.1 Å². The zero-order chi connectivity index (χ0) is 29.2. The Bertz CT molecular complexity index is 855. The molecule has 0 aliphatic heterocycles. The van der Waals surface area contributed by atoms with E-state index in [9.17, 15) is 0 Å². The number of rotatable bonds is 15. The van der Waals surface area contributed by atoms with E-state index in [0.29, 0.717) is 21.7 Å².